The molecule has 0 aliphatic carbocycles. The molecule has 106 valence electrons. The second-order valence-corrected chi connectivity index (χ2v) is 6.43. The van der Waals surface area contributed by atoms with Gasteiger partial charge in [0.2, 0.25) is 0 Å². The SMILES string of the molecule is Cc1cc(CN)ccc1S(=O)(=O)N(C)c1cccnc1. The van der Waals surface area contributed by atoms with Gasteiger partial charge in [-0.2, -0.15) is 0 Å². The number of aryl methyl sites for hydroxylation is 1. The van der Waals surface area contributed by atoms with Gasteiger partial charge in [-0.3, -0.25) is 9.29 Å². The van der Waals surface area contributed by atoms with E-state index in [4.69, 9.17) is 5.73 Å². The third-order valence-corrected chi connectivity index (χ3v) is 5.07. The summed E-state index contributed by atoms with van der Waals surface area (Å²) in [6, 6.07) is 8.53. The lowest BCUT2D eigenvalue weighted by molar-refractivity contribution is 0.593. The molecule has 0 atom stereocenters. The van der Waals surface area contributed by atoms with Crippen LogP contribution in [-0.4, -0.2) is 20.4 Å². The van der Waals surface area contributed by atoms with E-state index in [1.807, 2.05) is 0 Å². The molecule has 5 nitrogen and oxygen atoms in total. The Bertz CT molecular complexity index is 700. The smallest absolute Gasteiger partial charge is 0.264 e. The van der Waals surface area contributed by atoms with Gasteiger partial charge in [-0.15, -0.1) is 0 Å². The zero-order valence-electron chi connectivity index (χ0n) is 11.4. The molecule has 1 heterocycles. The molecule has 0 saturated carbocycles. The minimum absolute atomic E-state index is 0.279. The number of anilines is 1. The first kappa shape index (κ1) is 14.5. The third-order valence-electron chi connectivity index (χ3n) is 3.12. The molecule has 0 spiro atoms. The van der Waals surface area contributed by atoms with Gasteiger partial charge in [0.1, 0.15) is 0 Å². The van der Waals surface area contributed by atoms with E-state index < -0.39 is 10.0 Å². The summed E-state index contributed by atoms with van der Waals surface area (Å²) in [7, 11) is -2.08. The first-order chi connectivity index (χ1) is 9.46. The zero-order chi connectivity index (χ0) is 14.8. The van der Waals surface area contributed by atoms with Crippen LogP contribution in [0.5, 0.6) is 0 Å². The van der Waals surface area contributed by atoms with Gasteiger partial charge in [-0.05, 0) is 36.2 Å². The molecule has 0 saturated heterocycles. The van der Waals surface area contributed by atoms with Crippen LogP contribution in [-0.2, 0) is 16.6 Å². The van der Waals surface area contributed by atoms with Crippen LogP contribution in [0.15, 0.2) is 47.6 Å². The predicted octanol–water partition coefficient (Wildman–Crippen LogP) is 1.67. The van der Waals surface area contributed by atoms with Crippen LogP contribution in [0.4, 0.5) is 5.69 Å². The van der Waals surface area contributed by atoms with Crippen LogP contribution < -0.4 is 10.0 Å². The molecule has 0 unspecified atom stereocenters. The predicted molar refractivity (Wildman–Crippen MR) is 78.9 cm³/mol. The maximum absolute atomic E-state index is 12.6. The van der Waals surface area contributed by atoms with E-state index in [0.717, 1.165) is 5.56 Å². The average molecular weight is 291 g/mol. The standard InChI is InChI=1S/C14H17N3O2S/c1-11-8-12(9-15)5-6-14(11)20(18,19)17(2)13-4-3-7-16-10-13/h3-8,10H,9,15H2,1-2H3. The Balaban J connectivity index is 2.45. The number of pyridine rings is 1. The summed E-state index contributed by atoms with van der Waals surface area (Å²) in [5.41, 5.74) is 7.68. The largest absolute Gasteiger partial charge is 0.326 e. The van der Waals surface area contributed by atoms with Crippen LogP contribution in [0.25, 0.3) is 0 Å². The number of nitrogens with two attached hydrogens (primary N) is 1. The van der Waals surface area contributed by atoms with Crippen molar-refractivity contribution in [1.29, 1.82) is 0 Å². The highest BCUT2D eigenvalue weighted by atomic mass is 32.2. The van der Waals surface area contributed by atoms with E-state index in [1.54, 1.807) is 43.5 Å². The number of nitrogens with zero attached hydrogens (tertiary/aromatic N) is 2. The normalized spacial score (nSPS) is 11.3. The summed E-state index contributed by atoms with van der Waals surface area (Å²) in [6.45, 7) is 2.16. The Morgan fingerprint density at radius 1 is 1.30 bits per heavy atom. The first-order valence-corrected chi connectivity index (χ1v) is 7.59. The highest BCUT2D eigenvalue weighted by molar-refractivity contribution is 7.92. The lowest BCUT2D eigenvalue weighted by Crippen LogP contribution is -2.27. The fraction of sp³-hybridized carbons (Fsp3) is 0.214. The molecule has 0 bridgehead atoms. The molecule has 6 heteroatoms. The van der Waals surface area contributed by atoms with Crippen molar-refractivity contribution in [2.45, 2.75) is 18.4 Å². The zero-order valence-corrected chi connectivity index (χ0v) is 12.3. The fourth-order valence-corrected chi connectivity index (χ4v) is 3.34. The summed E-state index contributed by atoms with van der Waals surface area (Å²) >= 11 is 0. The van der Waals surface area contributed by atoms with Gasteiger partial charge in [0.05, 0.1) is 16.8 Å². The molecule has 2 N–H and O–H groups in total. The van der Waals surface area contributed by atoms with Crippen molar-refractivity contribution in [1.82, 2.24) is 4.98 Å². The molecule has 1 aromatic heterocycles. The minimum atomic E-state index is -3.60. The number of rotatable bonds is 4. The van der Waals surface area contributed by atoms with Crippen LogP contribution in [0.1, 0.15) is 11.1 Å². The van der Waals surface area contributed by atoms with Gasteiger partial charge in [-0.25, -0.2) is 8.42 Å². The molecular weight excluding hydrogens is 274 g/mol. The molecule has 20 heavy (non-hydrogen) atoms. The van der Waals surface area contributed by atoms with Crippen molar-refractivity contribution < 1.29 is 8.42 Å². The topological polar surface area (TPSA) is 76.3 Å². The molecule has 2 aromatic rings. The van der Waals surface area contributed by atoms with Crippen LogP contribution in [0.2, 0.25) is 0 Å². The van der Waals surface area contributed by atoms with Crippen LogP contribution in [0.3, 0.4) is 0 Å². The second kappa shape index (κ2) is 5.60. The number of sulfonamides is 1. The quantitative estimate of drug-likeness (QED) is 0.929. The highest BCUT2D eigenvalue weighted by Gasteiger charge is 2.23. The van der Waals surface area contributed by atoms with Crippen molar-refractivity contribution in [3.63, 3.8) is 0 Å². The molecule has 0 aliphatic heterocycles. The number of aromatic nitrogens is 1. The minimum Gasteiger partial charge on any atom is -0.326 e. The Labute approximate surface area is 119 Å². The summed E-state index contributed by atoms with van der Waals surface area (Å²) < 4.78 is 26.5. The maximum atomic E-state index is 12.6. The Hall–Kier alpha value is -1.92. The van der Waals surface area contributed by atoms with Crippen molar-refractivity contribution in [3.8, 4) is 0 Å². The van der Waals surface area contributed by atoms with Gasteiger partial charge < -0.3 is 5.73 Å². The van der Waals surface area contributed by atoms with Crippen molar-refractivity contribution in [3.05, 3.63) is 53.9 Å². The summed E-state index contributed by atoms with van der Waals surface area (Å²) in [5.74, 6) is 0. The lowest BCUT2D eigenvalue weighted by Gasteiger charge is -2.20. The lowest BCUT2D eigenvalue weighted by atomic mass is 10.1. The van der Waals surface area contributed by atoms with Crippen molar-refractivity contribution in [2.75, 3.05) is 11.4 Å². The Morgan fingerprint density at radius 3 is 2.60 bits per heavy atom. The molecular formula is C14H17N3O2S. The van der Waals surface area contributed by atoms with E-state index in [-0.39, 0.29) is 4.90 Å². The van der Waals surface area contributed by atoms with Gasteiger partial charge >= 0.3 is 0 Å². The Kier molecular flexibility index (Phi) is 4.06. The fourth-order valence-electron chi connectivity index (χ4n) is 1.95. The second-order valence-electron chi connectivity index (χ2n) is 4.49. The van der Waals surface area contributed by atoms with Crippen LogP contribution in [0, 0.1) is 6.92 Å². The van der Waals surface area contributed by atoms with E-state index in [1.165, 1.54) is 17.5 Å². The van der Waals surface area contributed by atoms with Crippen molar-refractivity contribution in [2.24, 2.45) is 5.73 Å². The molecule has 0 fully saturated rings. The summed E-state index contributed by atoms with van der Waals surface area (Å²) in [4.78, 5) is 4.22. The van der Waals surface area contributed by atoms with E-state index in [9.17, 15) is 8.42 Å². The van der Waals surface area contributed by atoms with E-state index in [2.05, 4.69) is 4.98 Å². The van der Waals surface area contributed by atoms with Crippen molar-refractivity contribution >= 4 is 15.7 Å². The molecule has 1 aromatic carbocycles. The van der Waals surface area contributed by atoms with Crippen LogP contribution >= 0.6 is 0 Å². The number of hydrogen-bond donors (Lipinski definition) is 1. The Morgan fingerprint density at radius 2 is 2.05 bits per heavy atom. The number of hydrogen-bond acceptors (Lipinski definition) is 4. The molecule has 0 radical (unpaired) electrons. The monoisotopic (exact) mass is 291 g/mol. The van der Waals surface area contributed by atoms with E-state index >= 15 is 0 Å². The van der Waals surface area contributed by atoms with Gasteiger partial charge in [0.15, 0.2) is 0 Å². The molecule has 0 aliphatic rings. The maximum Gasteiger partial charge on any atom is 0.264 e. The average Bonchev–Trinajstić information content (AvgIpc) is 2.46. The highest BCUT2D eigenvalue weighted by Crippen LogP contribution is 2.24. The van der Waals surface area contributed by atoms with Gasteiger partial charge in [0.25, 0.3) is 10.0 Å². The summed E-state index contributed by atoms with van der Waals surface area (Å²) in [5, 5.41) is 0. The third kappa shape index (κ3) is 2.66. The number of benzene rings is 1. The molecule has 2 rings (SSSR count). The molecule has 0 amide bonds. The summed E-state index contributed by atoms with van der Waals surface area (Å²) in [6.07, 6.45) is 3.12. The van der Waals surface area contributed by atoms with E-state index in [0.29, 0.717) is 17.8 Å². The van der Waals surface area contributed by atoms with Gasteiger partial charge in [0, 0.05) is 19.8 Å². The first-order valence-electron chi connectivity index (χ1n) is 6.15. The van der Waals surface area contributed by atoms with Gasteiger partial charge in [-0.1, -0.05) is 12.1 Å².